The standard InChI is InChI=1S/C46H65NO9/c1-27-18-21-46(41(52)47-34(40(51)53-10)24-32-14-12-11-13-15-32)23-22-44(8)33(38(46)28(27)2)16-17-37-42(6)25-35(55-30(4)49)39(56-31(5)50)43(7,26-54-29(3)48)36(42)19-20-45(37,44)9/h11-16,27-28,34-39H,17-26H2,1-10H3,(H,47,52)/t27-,28+,34+,35-,36-,37-,38+,39+,42+,43+,44-,45-,46+/m1/s1. The summed E-state index contributed by atoms with van der Waals surface area (Å²) in [4.78, 5) is 65.7. The van der Waals surface area contributed by atoms with Crippen LogP contribution in [0.1, 0.15) is 119 Å². The van der Waals surface area contributed by atoms with Gasteiger partial charge in [-0.3, -0.25) is 19.2 Å². The number of amides is 1. The number of hydrogen-bond acceptors (Lipinski definition) is 9. The zero-order valence-corrected chi connectivity index (χ0v) is 35.3. The second-order valence-corrected chi connectivity index (χ2v) is 19.2. The van der Waals surface area contributed by atoms with Crippen LogP contribution >= 0.6 is 0 Å². The highest BCUT2D eigenvalue weighted by Gasteiger charge is 2.72. The maximum Gasteiger partial charge on any atom is 0.328 e. The molecule has 5 aliphatic rings. The molecule has 0 heterocycles. The first kappa shape index (κ1) is 41.9. The Bertz CT molecular complexity index is 1740. The first-order valence-electron chi connectivity index (χ1n) is 20.9. The lowest BCUT2D eigenvalue weighted by atomic mass is 9.33. The third-order valence-corrected chi connectivity index (χ3v) is 16.4. The molecule has 1 aromatic carbocycles. The maximum absolute atomic E-state index is 15.0. The van der Waals surface area contributed by atoms with E-state index in [-0.39, 0.29) is 52.4 Å². The van der Waals surface area contributed by atoms with E-state index in [1.165, 1.54) is 33.5 Å². The predicted octanol–water partition coefficient (Wildman–Crippen LogP) is 7.56. The molecule has 308 valence electrons. The summed E-state index contributed by atoms with van der Waals surface area (Å²) in [6, 6.07) is 8.95. The number of nitrogens with one attached hydrogen (secondary N) is 1. The van der Waals surface area contributed by atoms with Crippen LogP contribution in [0.15, 0.2) is 42.0 Å². The number of fused-ring (bicyclic) bond motifs is 7. The van der Waals surface area contributed by atoms with Crippen molar-refractivity contribution < 1.29 is 42.9 Å². The van der Waals surface area contributed by atoms with Gasteiger partial charge in [-0.25, -0.2) is 4.79 Å². The minimum Gasteiger partial charge on any atom is -0.467 e. The minimum atomic E-state index is -0.806. The Hall–Kier alpha value is -3.69. The van der Waals surface area contributed by atoms with Crippen LogP contribution in [0.3, 0.4) is 0 Å². The number of hydrogen-bond donors (Lipinski definition) is 1. The highest BCUT2D eigenvalue weighted by molar-refractivity contribution is 5.89. The average Bonchev–Trinajstić information content (AvgIpc) is 3.13. The third-order valence-electron chi connectivity index (χ3n) is 16.4. The number of methoxy groups -OCH3 is 1. The number of carbonyl (C=O) groups is 5. The fraction of sp³-hybridized carbons (Fsp3) is 0.717. The van der Waals surface area contributed by atoms with Crippen molar-refractivity contribution in [3.05, 3.63) is 47.5 Å². The van der Waals surface area contributed by atoms with Crippen molar-refractivity contribution in [1.82, 2.24) is 5.32 Å². The van der Waals surface area contributed by atoms with Gasteiger partial charge in [0.25, 0.3) is 0 Å². The van der Waals surface area contributed by atoms with Gasteiger partial charge in [0.1, 0.15) is 24.9 Å². The monoisotopic (exact) mass is 775 g/mol. The van der Waals surface area contributed by atoms with Crippen molar-refractivity contribution in [2.75, 3.05) is 13.7 Å². The summed E-state index contributed by atoms with van der Waals surface area (Å²) in [6.07, 6.45) is 7.61. The first-order chi connectivity index (χ1) is 26.3. The van der Waals surface area contributed by atoms with Gasteiger partial charge >= 0.3 is 23.9 Å². The number of benzene rings is 1. The van der Waals surface area contributed by atoms with Crippen molar-refractivity contribution in [3.63, 3.8) is 0 Å². The molecule has 0 spiro atoms. The lowest BCUT2D eigenvalue weighted by Crippen LogP contribution is -2.69. The Labute approximate surface area is 333 Å². The Kier molecular flexibility index (Phi) is 11.4. The van der Waals surface area contributed by atoms with Gasteiger partial charge in [0, 0.05) is 32.6 Å². The molecule has 4 fully saturated rings. The van der Waals surface area contributed by atoms with Gasteiger partial charge in [-0.1, -0.05) is 83.5 Å². The van der Waals surface area contributed by atoms with E-state index in [0.29, 0.717) is 25.2 Å². The van der Waals surface area contributed by atoms with E-state index in [0.717, 1.165) is 44.1 Å². The Morgan fingerprint density at radius 1 is 0.839 bits per heavy atom. The summed E-state index contributed by atoms with van der Waals surface area (Å²) >= 11 is 0. The van der Waals surface area contributed by atoms with Gasteiger partial charge in [0.05, 0.1) is 12.5 Å². The molecule has 0 bridgehead atoms. The van der Waals surface area contributed by atoms with Gasteiger partial charge in [0.15, 0.2) is 0 Å². The number of carbonyl (C=O) groups excluding carboxylic acids is 5. The van der Waals surface area contributed by atoms with Gasteiger partial charge in [0.2, 0.25) is 5.91 Å². The van der Waals surface area contributed by atoms with Gasteiger partial charge in [-0.15, -0.1) is 0 Å². The second kappa shape index (κ2) is 15.2. The van der Waals surface area contributed by atoms with Crippen LogP contribution in [0.25, 0.3) is 0 Å². The van der Waals surface area contributed by atoms with Gasteiger partial charge in [-0.2, -0.15) is 0 Å². The number of esters is 4. The van der Waals surface area contributed by atoms with E-state index in [9.17, 15) is 24.0 Å². The van der Waals surface area contributed by atoms with Crippen LogP contribution < -0.4 is 5.32 Å². The molecule has 5 aliphatic carbocycles. The van der Waals surface area contributed by atoms with Crippen molar-refractivity contribution in [3.8, 4) is 0 Å². The molecule has 0 unspecified atom stereocenters. The fourth-order valence-corrected chi connectivity index (χ4v) is 13.4. The molecule has 13 atom stereocenters. The van der Waals surface area contributed by atoms with Crippen LogP contribution in [-0.4, -0.2) is 61.8 Å². The van der Waals surface area contributed by atoms with E-state index < -0.39 is 53.0 Å². The van der Waals surface area contributed by atoms with Crippen LogP contribution in [0.5, 0.6) is 0 Å². The molecular weight excluding hydrogens is 711 g/mol. The predicted molar refractivity (Wildman–Crippen MR) is 211 cm³/mol. The molecule has 0 saturated heterocycles. The molecule has 56 heavy (non-hydrogen) atoms. The van der Waals surface area contributed by atoms with Crippen molar-refractivity contribution in [2.45, 2.75) is 138 Å². The van der Waals surface area contributed by atoms with E-state index in [4.69, 9.17) is 18.9 Å². The fourth-order valence-electron chi connectivity index (χ4n) is 13.4. The summed E-state index contributed by atoms with van der Waals surface area (Å²) in [7, 11) is 1.37. The van der Waals surface area contributed by atoms with Gasteiger partial charge in [-0.05, 0) is 103 Å². The highest BCUT2D eigenvalue weighted by Crippen LogP contribution is 2.76. The number of rotatable bonds is 9. The smallest absolute Gasteiger partial charge is 0.328 e. The summed E-state index contributed by atoms with van der Waals surface area (Å²) < 4.78 is 23.1. The number of ether oxygens (including phenoxy) is 4. The Morgan fingerprint density at radius 2 is 1.52 bits per heavy atom. The van der Waals surface area contributed by atoms with E-state index in [1.54, 1.807) is 0 Å². The van der Waals surface area contributed by atoms with E-state index >= 15 is 0 Å². The normalized spacial score (nSPS) is 40.5. The molecule has 10 heteroatoms. The van der Waals surface area contributed by atoms with Crippen LogP contribution in [0, 0.1) is 56.7 Å². The molecule has 0 aliphatic heterocycles. The molecule has 1 N–H and O–H groups in total. The molecular formula is C46H65NO9. The van der Waals surface area contributed by atoms with E-state index in [1.807, 2.05) is 37.3 Å². The molecule has 0 aromatic heterocycles. The molecule has 1 aromatic rings. The van der Waals surface area contributed by atoms with Crippen molar-refractivity contribution in [1.29, 1.82) is 0 Å². The molecule has 6 rings (SSSR count). The van der Waals surface area contributed by atoms with Crippen LogP contribution in [0.4, 0.5) is 0 Å². The summed E-state index contributed by atoms with van der Waals surface area (Å²) in [6.45, 7) is 18.1. The third kappa shape index (κ3) is 6.78. The quantitative estimate of drug-likeness (QED) is 0.153. The van der Waals surface area contributed by atoms with E-state index in [2.05, 4.69) is 46.0 Å². The molecule has 0 radical (unpaired) electrons. The zero-order chi connectivity index (χ0) is 41.0. The van der Waals surface area contributed by atoms with Gasteiger partial charge < -0.3 is 24.3 Å². The Balaban J connectivity index is 1.40. The average molecular weight is 776 g/mol. The summed E-state index contributed by atoms with van der Waals surface area (Å²) in [5.74, 6) is -0.963. The van der Waals surface area contributed by atoms with Crippen molar-refractivity contribution >= 4 is 29.8 Å². The largest absolute Gasteiger partial charge is 0.467 e. The minimum absolute atomic E-state index is 0.00379. The van der Waals surface area contributed by atoms with Crippen LogP contribution in [0.2, 0.25) is 0 Å². The first-order valence-corrected chi connectivity index (χ1v) is 20.9. The SMILES string of the molecule is COC(=O)[C@H](Cc1ccccc1)NC(=O)[C@]12CC[C@@H](C)[C@H](C)[C@H]1C1=CC[C@@H]3[C@@]4(C)C[C@@H](OC(C)=O)[C@H](OC(C)=O)[C@@](C)(COC(C)=O)[C@@H]4CC[C@@]3(C)[C@]1(C)CC2. The highest BCUT2D eigenvalue weighted by atomic mass is 16.6. The number of allylic oxidation sites excluding steroid dienone is 2. The maximum atomic E-state index is 15.0. The lowest BCUT2D eigenvalue weighted by Gasteiger charge is -2.72. The van der Waals surface area contributed by atoms with Crippen molar-refractivity contribution in [2.24, 2.45) is 56.7 Å². The Morgan fingerprint density at radius 3 is 2.14 bits per heavy atom. The molecule has 1 amide bonds. The second-order valence-electron chi connectivity index (χ2n) is 19.2. The lowest BCUT2D eigenvalue weighted by molar-refractivity contribution is -0.255. The topological polar surface area (TPSA) is 134 Å². The summed E-state index contributed by atoms with van der Waals surface area (Å²) in [5.41, 5.74) is 0.0978. The summed E-state index contributed by atoms with van der Waals surface area (Å²) in [5, 5.41) is 3.24. The van der Waals surface area contributed by atoms with Crippen LogP contribution in [-0.2, 0) is 49.3 Å². The molecule has 4 saturated carbocycles. The molecule has 10 nitrogen and oxygen atoms in total. The zero-order valence-electron chi connectivity index (χ0n) is 35.3.